The van der Waals surface area contributed by atoms with Crippen molar-refractivity contribution < 1.29 is 27.2 Å². The second-order valence-corrected chi connectivity index (χ2v) is 7.59. The predicted octanol–water partition coefficient (Wildman–Crippen LogP) is 1.65. The maximum Gasteiger partial charge on any atom is 0.308 e. The molecule has 0 aliphatic heterocycles. The number of rotatable bonds is 4. The Kier molecular flexibility index (Phi) is 5.44. The van der Waals surface area contributed by atoms with Gasteiger partial charge in [-0.2, -0.15) is 8.42 Å². The molecule has 0 heterocycles. The van der Waals surface area contributed by atoms with Gasteiger partial charge in [0.1, 0.15) is 0 Å². The van der Waals surface area contributed by atoms with Crippen LogP contribution in [0.4, 0.5) is 0 Å². The van der Waals surface area contributed by atoms with Crippen molar-refractivity contribution in [3.63, 3.8) is 0 Å². The van der Waals surface area contributed by atoms with E-state index in [1.54, 1.807) is 19.1 Å². The highest BCUT2D eigenvalue weighted by Gasteiger charge is 2.40. The van der Waals surface area contributed by atoms with Gasteiger partial charge in [-0.25, -0.2) is 0 Å². The monoisotopic (exact) mass is 342 g/mol. The van der Waals surface area contributed by atoms with E-state index in [-0.39, 0.29) is 17.7 Å². The van der Waals surface area contributed by atoms with Crippen LogP contribution in [-0.4, -0.2) is 38.8 Å². The fraction of sp³-hybridized carbons (Fsp3) is 0.562. The van der Waals surface area contributed by atoms with Crippen molar-refractivity contribution in [1.29, 1.82) is 0 Å². The van der Waals surface area contributed by atoms with Crippen molar-refractivity contribution in [3.8, 4) is 0 Å². The van der Waals surface area contributed by atoms with Gasteiger partial charge in [0.15, 0.2) is 0 Å². The molecule has 7 heteroatoms. The lowest BCUT2D eigenvalue weighted by Crippen LogP contribution is -2.43. The Balaban J connectivity index is 2.18. The number of carbonyl (C=O) groups is 1. The van der Waals surface area contributed by atoms with Crippen LogP contribution < -0.4 is 0 Å². The van der Waals surface area contributed by atoms with Crippen LogP contribution in [-0.2, 0) is 23.8 Å². The molecule has 0 spiro atoms. The minimum Gasteiger partial charge on any atom is -0.469 e. The number of esters is 1. The largest absolute Gasteiger partial charge is 0.469 e. The number of hydrogen-bond acceptors (Lipinski definition) is 6. The number of methoxy groups -OCH3 is 1. The molecule has 1 aliphatic rings. The van der Waals surface area contributed by atoms with E-state index in [1.165, 1.54) is 19.2 Å². The van der Waals surface area contributed by atoms with Gasteiger partial charge in [-0.05, 0) is 31.9 Å². The zero-order chi connectivity index (χ0) is 17.2. The first-order valence-electron chi connectivity index (χ1n) is 7.50. The fourth-order valence-corrected chi connectivity index (χ4v) is 3.91. The molecule has 0 saturated heterocycles. The summed E-state index contributed by atoms with van der Waals surface area (Å²) in [7, 11) is -2.68. The molecule has 0 radical (unpaired) electrons. The summed E-state index contributed by atoms with van der Waals surface area (Å²) >= 11 is 0. The zero-order valence-corrected chi connectivity index (χ0v) is 14.2. The van der Waals surface area contributed by atoms with Crippen molar-refractivity contribution in [1.82, 2.24) is 0 Å². The maximum absolute atomic E-state index is 12.4. The fourth-order valence-electron chi connectivity index (χ4n) is 2.75. The summed E-state index contributed by atoms with van der Waals surface area (Å²) in [6, 6.07) is 6.33. The van der Waals surface area contributed by atoms with Crippen molar-refractivity contribution >= 4 is 16.1 Å². The van der Waals surface area contributed by atoms with Gasteiger partial charge in [-0.15, -0.1) is 0 Å². The van der Waals surface area contributed by atoms with Crippen LogP contribution in [0, 0.1) is 18.8 Å². The van der Waals surface area contributed by atoms with Gasteiger partial charge in [-0.3, -0.25) is 8.98 Å². The van der Waals surface area contributed by atoms with Crippen molar-refractivity contribution in [3.05, 3.63) is 29.8 Å². The van der Waals surface area contributed by atoms with Gasteiger partial charge in [0.25, 0.3) is 10.1 Å². The first-order chi connectivity index (χ1) is 10.7. The van der Waals surface area contributed by atoms with E-state index >= 15 is 0 Å². The normalized spacial score (nSPS) is 28.3. The Morgan fingerprint density at radius 3 is 2.39 bits per heavy atom. The van der Waals surface area contributed by atoms with E-state index < -0.39 is 40.1 Å². The first-order valence-corrected chi connectivity index (χ1v) is 8.91. The van der Waals surface area contributed by atoms with E-state index in [9.17, 15) is 18.3 Å². The lowest BCUT2D eigenvalue weighted by molar-refractivity contribution is -0.151. The molecule has 0 bridgehead atoms. The van der Waals surface area contributed by atoms with Gasteiger partial charge < -0.3 is 9.84 Å². The minimum absolute atomic E-state index is 0.0602. The van der Waals surface area contributed by atoms with Crippen LogP contribution in [0.3, 0.4) is 0 Å². The third-order valence-electron chi connectivity index (χ3n) is 4.33. The number of benzene rings is 1. The van der Waals surface area contributed by atoms with Gasteiger partial charge in [0.05, 0.1) is 30.1 Å². The second kappa shape index (κ2) is 6.98. The summed E-state index contributed by atoms with van der Waals surface area (Å²) in [5.41, 5.74) is 0.941. The van der Waals surface area contributed by atoms with Gasteiger partial charge in [0, 0.05) is 5.92 Å². The molecule has 0 unspecified atom stereocenters. The van der Waals surface area contributed by atoms with Crippen LogP contribution >= 0.6 is 0 Å². The number of aliphatic hydroxyl groups excluding tert-OH is 1. The molecule has 1 aromatic rings. The Hall–Kier alpha value is -1.44. The molecule has 6 nitrogen and oxygen atoms in total. The van der Waals surface area contributed by atoms with Crippen LogP contribution in [0.15, 0.2) is 29.2 Å². The van der Waals surface area contributed by atoms with Crippen LogP contribution in [0.25, 0.3) is 0 Å². The molecule has 23 heavy (non-hydrogen) atoms. The number of ether oxygens (including phenoxy) is 1. The summed E-state index contributed by atoms with van der Waals surface area (Å²) in [6.45, 7) is 3.57. The smallest absolute Gasteiger partial charge is 0.308 e. The Morgan fingerprint density at radius 2 is 1.83 bits per heavy atom. The van der Waals surface area contributed by atoms with E-state index in [0.717, 1.165) is 5.56 Å². The topological polar surface area (TPSA) is 89.9 Å². The molecule has 1 N–H and O–H groups in total. The highest BCUT2D eigenvalue weighted by Crippen LogP contribution is 2.34. The minimum atomic E-state index is -3.95. The number of aliphatic hydroxyl groups is 1. The molecule has 1 fully saturated rings. The quantitative estimate of drug-likeness (QED) is 0.661. The van der Waals surface area contributed by atoms with Gasteiger partial charge >= 0.3 is 5.97 Å². The summed E-state index contributed by atoms with van der Waals surface area (Å²) in [5, 5.41) is 10.1. The van der Waals surface area contributed by atoms with Crippen molar-refractivity contribution in [2.75, 3.05) is 7.11 Å². The predicted molar refractivity (Wildman–Crippen MR) is 83.1 cm³/mol. The van der Waals surface area contributed by atoms with E-state index in [4.69, 9.17) is 8.92 Å². The molecular formula is C16H22O6S. The average molecular weight is 342 g/mol. The maximum atomic E-state index is 12.4. The van der Waals surface area contributed by atoms with E-state index in [2.05, 4.69) is 0 Å². The molecule has 2 rings (SSSR count). The second-order valence-electron chi connectivity index (χ2n) is 6.02. The Bertz CT molecular complexity index is 652. The number of carbonyl (C=O) groups excluding carboxylic acids is 1. The zero-order valence-electron chi connectivity index (χ0n) is 13.4. The SMILES string of the molecule is COC(=O)[C@H]1C[C@@H](O)[C@@H](C)[C@@H](OS(=O)(=O)c2ccc(C)cc2)C1. The van der Waals surface area contributed by atoms with Crippen LogP contribution in [0.2, 0.25) is 0 Å². The van der Waals surface area contributed by atoms with Crippen molar-refractivity contribution in [2.45, 2.75) is 43.8 Å². The average Bonchev–Trinajstić information content (AvgIpc) is 2.51. The van der Waals surface area contributed by atoms with Crippen molar-refractivity contribution in [2.24, 2.45) is 11.8 Å². The molecule has 1 aliphatic carbocycles. The molecule has 1 aromatic carbocycles. The molecular weight excluding hydrogens is 320 g/mol. The standard InChI is InChI=1S/C16H22O6S/c1-10-4-6-13(7-5-10)23(19,20)22-15-9-12(16(18)21-3)8-14(17)11(15)2/h4-7,11-12,14-15,17H,8-9H2,1-3H3/t11-,12+,14-,15+/m1/s1. The molecule has 128 valence electrons. The summed E-state index contributed by atoms with van der Waals surface area (Å²) < 4.78 is 34.8. The highest BCUT2D eigenvalue weighted by atomic mass is 32.2. The highest BCUT2D eigenvalue weighted by molar-refractivity contribution is 7.86. The first kappa shape index (κ1) is 17.9. The summed E-state index contributed by atoms with van der Waals surface area (Å²) in [4.78, 5) is 11.8. The summed E-state index contributed by atoms with van der Waals surface area (Å²) in [5.74, 6) is -1.42. The molecule has 0 amide bonds. The van der Waals surface area contributed by atoms with E-state index in [0.29, 0.717) is 0 Å². The summed E-state index contributed by atoms with van der Waals surface area (Å²) in [6.07, 6.45) is -1.13. The number of aryl methyl sites for hydroxylation is 1. The van der Waals surface area contributed by atoms with Crippen LogP contribution in [0.1, 0.15) is 25.3 Å². The molecule has 4 atom stereocenters. The lowest BCUT2D eigenvalue weighted by atomic mass is 9.79. The molecule has 0 aromatic heterocycles. The van der Waals surface area contributed by atoms with Crippen LogP contribution in [0.5, 0.6) is 0 Å². The third kappa shape index (κ3) is 4.10. The Labute approximate surface area is 136 Å². The molecule has 1 saturated carbocycles. The Morgan fingerprint density at radius 1 is 1.22 bits per heavy atom. The van der Waals surface area contributed by atoms with Gasteiger partial charge in [-0.1, -0.05) is 24.6 Å². The third-order valence-corrected chi connectivity index (χ3v) is 5.68. The van der Waals surface area contributed by atoms with Gasteiger partial charge in [0.2, 0.25) is 0 Å². The lowest BCUT2D eigenvalue weighted by Gasteiger charge is -2.35. The van der Waals surface area contributed by atoms with E-state index in [1.807, 2.05) is 6.92 Å². The number of hydrogen-bond donors (Lipinski definition) is 1.